The van der Waals surface area contributed by atoms with Gasteiger partial charge in [0, 0.05) is 25.2 Å². The third kappa shape index (κ3) is 1.90. The highest BCUT2D eigenvalue weighted by Crippen LogP contribution is 2.32. The second kappa shape index (κ2) is 4.48. The quantitative estimate of drug-likeness (QED) is 0.818. The summed E-state index contributed by atoms with van der Waals surface area (Å²) in [5, 5.41) is 1.22. The van der Waals surface area contributed by atoms with Gasteiger partial charge in [-0.3, -0.25) is 4.79 Å². The molecule has 18 heavy (non-hydrogen) atoms. The lowest BCUT2D eigenvalue weighted by molar-refractivity contribution is -0.132. The number of hydrogen-bond acceptors (Lipinski definition) is 1. The zero-order valence-corrected chi connectivity index (χ0v) is 10.6. The molecule has 0 saturated carbocycles. The Morgan fingerprint density at radius 1 is 1.33 bits per heavy atom. The number of nitrogens with zero attached hydrogens (tertiary/aromatic N) is 1. The fourth-order valence-electron chi connectivity index (χ4n) is 2.93. The molecule has 3 rings (SSSR count). The maximum atomic E-state index is 11.7. The number of nitrogens with one attached hydrogen (secondary N) is 1. The number of amides is 1. The molecule has 0 spiro atoms. The zero-order chi connectivity index (χ0) is 12.5. The number of carbonyl (C=O) groups is 1. The van der Waals surface area contributed by atoms with E-state index >= 15 is 0 Å². The van der Waals surface area contributed by atoms with Gasteiger partial charge >= 0.3 is 0 Å². The minimum Gasteiger partial charge on any atom is -0.361 e. The van der Waals surface area contributed by atoms with E-state index in [0.29, 0.717) is 0 Å². The molecule has 94 valence electrons. The molecule has 0 bridgehead atoms. The number of hydrogen-bond donors (Lipinski definition) is 1. The maximum absolute atomic E-state index is 11.7. The molecule has 1 aromatic carbocycles. The van der Waals surface area contributed by atoms with Crippen LogP contribution in [-0.4, -0.2) is 22.3 Å². The first-order valence-corrected chi connectivity index (χ1v) is 6.60. The molecule has 1 aliphatic heterocycles. The van der Waals surface area contributed by atoms with Gasteiger partial charge in [0.1, 0.15) is 0 Å². The minimum atomic E-state index is 0.189. The van der Waals surface area contributed by atoms with E-state index in [1.54, 1.807) is 6.92 Å². The number of likely N-dealkylation sites (tertiary alicyclic amines) is 1. The molecule has 0 radical (unpaired) electrons. The molecule has 1 amide bonds. The van der Waals surface area contributed by atoms with Crippen molar-refractivity contribution in [1.29, 1.82) is 0 Å². The summed E-state index contributed by atoms with van der Waals surface area (Å²) in [6, 6.07) is 8.80. The van der Waals surface area contributed by atoms with Gasteiger partial charge in [-0.05, 0) is 48.4 Å². The zero-order valence-electron chi connectivity index (χ0n) is 10.6. The summed E-state index contributed by atoms with van der Waals surface area (Å²) in [5.74, 6) is 0.189. The summed E-state index contributed by atoms with van der Waals surface area (Å²) >= 11 is 0. The van der Waals surface area contributed by atoms with Crippen LogP contribution >= 0.6 is 0 Å². The Bertz CT molecular complexity index is 573. The predicted molar refractivity (Wildman–Crippen MR) is 72.3 cm³/mol. The molecule has 0 aliphatic carbocycles. The highest BCUT2D eigenvalue weighted by molar-refractivity contribution is 5.80. The molecule has 1 atom stereocenters. The van der Waals surface area contributed by atoms with Crippen molar-refractivity contribution in [3.05, 3.63) is 36.0 Å². The van der Waals surface area contributed by atoms with Crippen LogP contribution in [0.1, 0.15) is 37.8 Å². The third-order valence-corrected chi connectivity index (χ3v) is 3.87. The van der Waals surface area contributed by atoms with Crippen molar-refractivity contribution < 1.29 is 4.79 Å². The largest absolute Gasteiger partial charge is 0.361 e. The number of rotatable bonds is 1. The molecule has 1 fully saturated rings. The number of benzene rings is 1. The number of carbonyl (C=O) groups excluding carboxylic acids is 1. The number of fused-ring (bicyclic) bond motifs is 1. The first-order chi connectivity index (χ1) is 8.75. The number of aromatic amines is 1. The van der Waals surface area contributed by atoms with Crippen LogP contribution in [0.15, 0.2) is 30.5 Å². The molecule has 3 nitrogen and oxygen atoms in total. The van der Waals surface area contributed by atoms with Crippen LogP contribution in [0.3, 0.4) is 0 Å². The van der Waals surface area contributed by atoms with Gasteiger partial charge < -0.3 is 9.88 Å². The third-order valence-electron chi connectivity index (χ3n) is 3.87. The van der Waals surface area contributed by atoms with Gasteiger partial charge in [-0.25, -0.2) is 0 Å². The fourth-order valence-corrected chi connectivity index (χ4v) is 2.93. The summed E-state index contributed by atoms with van der Waals surface area (Å²) in [6.07, 6.45) is 5.37. The smallest absolute Gasteiger partial charge is 0.219 e. The van der Waals surface area contributed by atoms with Crippen molar-refractivity contribution in [1.82, 2.24) is 9.88 Å². The Morgan fingerprint density at radius 2 is 2.22 bits per heavy atom. The molecule has 3 heteroatoms. The van der Waals surface area contributed by atoms with E-state index < -0.39 is 0 Å². The fraction of sp³-hybridized carbons (Fsp3) is 0.400. The van der Waals surface area contributed by atoms with Crippen molar-refractivity contribution in [3.8, 4) is 0 Å². The number of aromatic nitrogens is 1. The van der Waals surface area contributed by atoms with Gasteiger partial charge in [0.05, 0.1) is 6.04 Å². The highest BCUT2D eigenvalue weighted by atomic mass is 16.2. The molecular formula is C15H18N2O. The van der Waals surface area contributed by atoms with Crippen LogP contribution in [0.2, 0.25) is 0 Å². The first kappa shape index (κ1) is 11.3. The average molecular weight is 242 g/mol. The monoisotopic (exact) mass is 242 g/mol. The topological polar surface area (TPSA) is 36.1 Å². The molecule has 1 aromatic heterocycles. The van der Waals surface area contributed by atoms with Crippen LogP contribution in [0.4, 0.5) is 0 Å². The second-order valence-corrected chi connectivity index (χ2v) is 5.05. The van der Waals surface area contributed by atoms with E-state index in [1.807, 2.05) is 11.1 Å². The van der Waals surface area contributed by atoms with Gasteiger partial charge in [0.2, 0.25) is 5.91 Å². The standard InChI is InChI=1S/C15H18N2O/c1-11(18)17-9-3-2-4-15(17)13-5-6-14-12(10-13)7-8-16-14/h5-8,10,15-16H,2-4,9H2,1H3/t15-/m1/s1. The lowest BCUT2D eigenvalue weighted by Gasteiger charge is -2.35. The first-order valence-electron chi connectivity index (χ1n) is 6.60. The van der Waals surface area contributed by atoms with Gasteiger partial charge in [0.25, 0.3) is 0 Å². The van der Waals surface area contributed by atoms with Gasteiger partial charge in [-0.1, -0.05) is 6.07 Å². The normalized spacial score (nSPS) is 20.3. The lowest BCUT2D eigenvalue weighted by Crippen LogP contribution is -2.36. The summed E-state index contributed by atoms with van der Waals surface area (Å²) in [7, 11) is 0. The average Bonchev–Trinajstić information content (AvgIpc) is 2.85. The Labute approximate surface area is 107 Å². The summed E-state index contributed by atoms with van der Waals surface area (Å²) in [5.41, 5.74) is 2.42. The van der Waals surface area contributed by atoms with Gasteiger partial charge in [-0.2, -0.15) is 0 Å². The Kier molecular flexibility index (Phi) is 2.82. The Balaban J connectivity index is 1.97. The van der Waals surface area contributed by atoms with E-state index in [0.717, 1.165) is 24.9 Å². The second-order valence-electron chi connectivity index (χ2n) is 5.05. The van der Waals surface area contributed by atoms with Gasteiger partial charge in [-0.15, -0.1) is 0 Å². The molecule has 1 aliphatic rings. The Morgan fingerprint density at radius 3 is 3.06 bits per heavy atom. The Hall–Kier alpha value is -1.77. The molecular weight excluding hydrogens is 224 g/mol. The van der Waals surface area contributed by atoms with Crippen molar-refractivity contribution in [3.63, 3.8) is 0 Å². The number of piperidine rings is 1. The van der Waals surface area contributed by atoms with Crippen molar-refractivity contribution in [2.24, 2.45) is 0 Å². The van der Waals surface area contributed by atoms with Crippen LogP contribution in [0.25, 0.3) is 10.9 Å². The van der Waals surface area contributed by atoms with Crippen molar-refractivity contribution in [2.75, 3.05) is 6.54 Å². The van der Waals surface area contributed by atoms with E-state index in [2.05, 4.69) is 29.2 Å². The van der Waals surface area contributed by atoms with Crippen LogP contribution < -0.4 is 0 Å². The molecule has 0 unspecified atom stereocenters. The summed E-state index contributed by atoms with van der Waals surface area (Å²) < 4.78 is 0. The van der Waals surface area contributed by atoms with E-state index in [9.17, 15) is 4.79 Å². The maximum Gasteiger partial charge on any atom is 0.219 e. The molecule has 1 saturated heterocycles. The van der Waals surface area contributed by atoms with Crippen LogP contribution in [-0.2, 0) is 4.79 Å². The number of H-pyrrole nitrogens is 1. The highest BCUT2D eigenvalue weighted by Gasteiger charge is 2.25. The van der Waals surface area contributed by atoms with E-state index in [4.69, 9.17) is 0 Å². The van der Waals surface area contributed by atoms with Crippen LogP contribution in [0, 0.1) is 0 Å². The minimum absolute atomic E-state index is 0.189. The summed E-state index contributed by atoms with van der Waals surface area (Å²) in [4.78, 5) is 16.9. The van der Waals surface area contributed by atoms with Crippen molar-refractivity contribution >= 4 is 16.8 Å². The molecule has 2 aromatic rings. The van der Waals surface area contributed by atoms with Gasteiger partial charge in [0.15, 0.2) is 0 Å². The van der Waals surface area contributed by atoms with E-state index in [-0.39, 0.29) is 11.9 Å². The summed E-state index contributed by atoms with van der Waals surface area (Å²) in [6.45, 7) is 2.57. The predicted octanol–water partition coefficient (Wildman–Crippen LogP) is 3.24. The molecule has 1 N–H and O–H groups in total. The lowest BCUT2D eigenvalue weighted by atomic mass is 9.94. The molecule has 2 heterocycles. The van der Waals surface area contributed by atoms with Crippen LogP contribution in [0.5, 0.6) is 0 Å². The van der Waals surface area contributed by atoms with Crippen molar-refractivity contribution in [2.45, 2.75) is 32.2 Å². The van der Waals surface area contributed by atoms with E-state index in [1.165, 1.54) is 17.4 Å². The SMILES string of the molecule is CC(=O)N1CCCC[C@@H]1c1ccc2[nH]ccc2c1.